The molecular formula is C10H20N2O. The highest BCUT2D eigenvalue weighted by atomic mass is 16.2. The van der Waals surface area contributed by atoms with Crippen molar-refractivity contribution in [1.29, 1.82) is 0 Å². The van der Waals surface area contributed by atoms with Crippen LogP contribution < -0.4 is 5.73 Å². The Morgan fingerprint density at radius 2 is 2.00 bits per heavy atom. The van der Waals surface area contributed by atoms with Crippen molar-refractivity contribution in [3.8, 4) is 0 Å². The predicted molar refractivity (Wildman–Crippen MR) is 53.2 cm³/mol. The molecule has 0 bridgehead atoms. The first-order chi connectivity index (χ1) is 6.11. The van der Waals surface area contributed by atoms with E-state index < -0.39 is 0 Å². The second-order valence-corrected chi connectivity index (χ2v) is 4.20. The van der Waals surface area contributed by atoms with Gasteiger partial charge in [-0.15, -0.1) is 0 Å². The van der Waals surface area contributed by atoms with Gasteiger partial charge >= 0.3 is 0 Å². The first-order valence-corrected chi connectivity index (χ1v) is 5.07. The van der Waals surface area contributed by atoms with Crippen molar-refractivity contribution in [3.05, 3.63) is 0 Å². The zero-order valence-corrected chi connectivity index (χ0v) is 8.62. The summed E-state index contributed by atoms with van der Waals surface area (Å²) in [5.41, 5.74) is 5.96. The van der Waals surface area contributed by atoms with Gasteiger partial charge in [0, 0.05) is 26.6 Å². The number of carbonyl (C=O) groups is 1. The molecule has 1 aliphatic carbocycles. The van der Waals surface area contributed by atoms with E-state index in [9.17, 15) is 4.79 Å². The fraction of sp³-hybridized carbons (Fsp3) is 0.900. The summed E-state index contributed by atoms with van der Waals surface area (Å²) >= 11 is 0. The van der Waals surface area contributed by atoms with Gasteiger partial charge in [0.1, 0.15) is 0 Å². The lowest BCUT2D eigenvalue weighted by Gasteiger charge is -2.28. The largest absolute Gasteiger partial charge is 0.349 e. The number of carbonyl (C=O) groups excluding carboxylic acids is 1. The van der Waals surface area contributed by atoms with E-state index in [1.807, 2.05) is 0 Å². The van der Waals surface area contributed by atoms with Crippen molar-refractivity contribution in [3.63, 3.8) is 0 Å². The molecule has 2 unspecified atom stereocenters. The second-order valence-electron chi connectivity index (χ2n) is 4.20. The van der Waals surface area contributed by atoms with Crippen LogP contribution in [-0.4, -0.2) is 30.9 Å². The van der Waals surface area contributed by atoms with E-state index in [0.717, 1.165) is 12.8 Å². The van der Waals surface area contributed by atoms with Gasteiger partial charge in [-0.2, -0.15) is 0 Å². The van der Waals surface area contributed by atoms with Gasteiger partial charge in [0.05, 0.1) is 0 Å². The summed E-state index contributed by atoms with van der Waals surface area (Å²) in [6.45, 7) is 0. The predicted octanol–water partition coefficient (Wildman–Crippen LogP) is 0.982. The molecule has 76 valence electrons. The van der Waals surface area contributed by atoms with E-state index in [1.165, 1.54) is 12.8 Å². The molecule has 13 heavy (non-hydrogen) atoms. The van der Waals surface area contributed by atoms with E-state index in [1.54, 1.807) is 19.0 Å². The van der Waals surface area contributed by atoms with E-state index in [4.69, 9.17) is 5.73 Å². The third-order valence-electron chi connectivity index (χ3n) is 2.90. The molecule has 2 N–H and O–H groups in total. The van der Waals surface area contributed by atoms with Crippen molar-refractivity contribution < 1.29 is 4.79 Å². The Morgan fingerprint density at radius 3 is 2.54 bits per heavy atom. The molecule has 0 aromatic heterocycles. The maximum absolute atomic E-state index is 11.4. The molecule has 1 fully saturated rings. The van der Waals surface area contributed by atoms with Crippen LogP contribution in [0.25, 0.3) is 0 Å². The minimum absolute atomic E-state index is 0.211. The highest BCUT2D eigenvalue weighted by Crippen LogP contribution is 2.25. The van der Waals surface area contributed by atoms with E-state index in [2.05, 4.69) is 0 Å². The van der Waals surface area contributed by atoms with Gasteiger partial charge in [0.15, 0.2) is 0 Å². The van der Waals surface area contributed by atoms with Crippen LogP contribution in [0.3, 0.4) is 0 Å². The Bertz CT molecular complexity index is 180. The summed E-state index contributed by atoms with van der Waals surface area (Å²) < 4.78 is 0. The number of nitrogens with two attached hydrogens (primary N) is 1. The minimum Gasteiger partial charge on any atom is -0.349 e. The van der Waals surface area contributed by atoms with Crippen LogP contribution in [0, 0.1) is 5.92 Å². The van der Waals surface area contributed by atoms with Crippen LogP contribution >= 0.6 is 0 Å². The summed E-state index contributed by atoms with van der Waals surface area (Å²) in [4.78, 5) is 13.1. The van der Waals surface area contributed by atoms with Crippen LogP contribution in [0.5, 0.6) is 0 Å². The average molecular weight is 184 g/mol. The Balaban J connectivity index is 2.38. The van der Waals surface area contributed by atoms with Gasteiger partial charge < -0.3 is 10.6 Å². The van der Waals surface area contributed by atoms with Crippen LogP contribution in [0.1, 0.15) is 32.1 Å². The molecule has 0 saturated heterocycles. The minimum atomic E-state index is 0.211. The maximum atomic E-state index is 11.4. The van der Waals surface area contributed by atoms with Gasteiger partial charge in [0.2, 0.25) is 5.91 Å². The summed E-state index contributed by atoms with van der Waals surface area (Å²) in [7, 11) is 3.60. The second kappa shape index (κ2) is 4.61. The molecule has 0 heterocycles. The SMILES string of the molecule is CN(C)C(=O)CC1CCCCC1N. The quantitative estimate of drug-likeness (QED) is 0.695. The Hall–Kier alpha value is -0.570. The molecule has 3 heteroatoms. The molecule has 0 aliphatic heterocycles. The first-order valence-electron chi connectivity index (χ1n) is 5.07. The number of amides is 1. The highest BCUT2D eigenvalue weighted by molar-refractivity contribution is 5.75. The van der Waals surface area contributed by atoms with Crippen molar-refractivity contribution in [2.24, 2.45) is 11.7 Å². The number of rotatable bonds is 2. The monoisotopic (exact) mass is 184 g/mol. The van der Waals surface area contributed by atoms with E-state index >= 15 is 0 Å². The molecule has 1 amide bonds. The number of hydrogen-bond donors (Lipinski definition) is 1. The molecule has 1 rings (SSSR count). The fourth-order valence-corrected chi connectivity index (χ4v) is 1.90. The van der Waals surface area contributed by atoms with Gasteiger partial charge in [0.25, 0.3) is 0 Å². The van der Waals surface area contributed by atoms with Crippen molar-refractivity contribution in [2.45, 2.75) is 38.1 Å². The molecule has 2 atom stereocenters. The van der Waals surface area contributed by atoms with Crippen molar-refractivity contribution >= 4 is 5.91 Å². The molecule has 1 aliphatic rings. The van der Waals surface area contributed by atoms with Crippen LogP contribution in [0.2, 0.25) is 0 Å². The molecule has 0 aromatic rings. The van der Waals surface area contributed by atoms with Crippen molar-refractivity contribution in [2.75, 3.05) is 14.1 Å². The van der Waals surface area contributed by atoms with Crippen molar-refractivity contribution in [1.82, 2.24) is 4.90 Å². The Labute approximate surface area is 80.3 Å². The third-order valence-corrected chi connectivity index (χ3v) is 2.90. The van der Waals surface area contributed by atoms with Crippen LogP contribution in [-0.2, 0) is 4.79 Å². The van der Waals surface area contributed by atoms with Crippen LogP contribution in [0.15, 0.2) is 0 Å². The lowest BCUT2D eigenvalue weighted by Crippen LogP contribution is -2.36. The van der Waals surface area contributed by atoms with Gasteiger partial charge in [-0.3, -0.25) is 4.79 Å². The number of nitrogens with zero attached hydrogens (tertiary/aromatic N) is 1. The topological polar surface area (TPSA) is 46.3 Å². The Kier molecular flexibility index (Phi) is 3.72. The zero-order chi connectivity index (χ0) is 9.84. The van der Waals surface area contributed by atoms with Gasteiger partial charge in [-0.05, 0) is 18.8 Å². The molecule has 0 aromatic carbocycles. The highest BCUT2D eigenvalue weighted by Gasteiger charge is 2.24. The third kappa shape index (κ3) is 2.99. The maximum Gasteiger partial charge on any atom is 0.222 e. The van der Waals surface area contributed by atoms with Gasteiger partial charge in [-0.25, -0.2) is 0 Å². The summed E-state index contributed by atoms with van der Waals surface area (Å²) in [6.07, 6.45) is 5.31. The standard InChI is InChI=1S/C10H20N2O/c1-12(2)10(13)7-8-5-3-4-6-9(8)11/h8-9H,3-7,11H2,1-2H3. The average Bonchev–Trinajstić information content (AvgIpc) is 2.08. The summed E-state index contributed by atoms with van der Waals surface area (Å²) in [6, 6.07) is 0.248. The normalized spacial score (nSPS) is 28.5. The molecular weight excluding hydrogens is 164 g/mol. The smallest absolute Gasteiger partial charge is 0.222 e. The summed E-state index contributed by atoms with van der Waals surface area (Å²) in [5.74, 6) is 0.631. The molecule has 0 radical (unpaired) electrons. The van der Waals surface area contributed by atoms with E-state index in [0.29, 0.717) is 12.3 Å². The lowest BCUT2D eigenvalue weighted by atomic mass is 9.83. The Morgan fingerprint density at radius 1 is 1.38 bits per heavy atom. The van der Waals surface area contributed by atoms with E-state index in [-0.39, 0.29) is 11.9 Å². The van der Waals surface area contributed by atoms with Gasteiger partial charge in [-0.1, -0.05) is 12.8 Å². The molecule has 3 nitrogen and oxygen atoms in total. The molecule has 1 saturated carbocycles. The fourth-order valence-electron chi connectivity index (χ4n) is 1.90. The summed E-state index contributed by atoms with van der Waals surface area (Å²) in [5, 5.41) is 0. The number of hydrogen-bond acceptors (Lipinski definition) is 2. The zero-order valence-electron chi connectivity index (χ0n) is 8.62. The van der Waals surface area contributed by atoms with Crippen LogP contribution in [0.4, 0.5) is 0 Å². The first kappa shape index (κ1) is 10.5. The molecule has 0 spiro atoms. The lowest BCUT2D eigenvalue weighted by molar-refractivity contribution is -0.130.